The zero-order chi connectivity index (χ0) is 12.0. The number of nitrogens with zero attached hydrogens (tertiary/aromatic N) is 2. The van der Waals surface area contributed by atoms with Gasteiger partial charge in [0.2, 0.25) is 11.9 Å². The second kappa shape index (κ2) is 3.55. The van der Waals surface area contributed by atoms with Crippen LogP contribution in [0.25, 0.3) is 0 Å². The molecule has 1 amide bonds. The Labute approximate surface area is 98.2 Å². The van der Waals surface area contributed by atoms with E-state index in [9.17, 15) is 14.9 Å². The average Bonchev–Trinajstić information content (AvgIpc) is 2.67. The van der Waals surface area contributed by atoms with Gasteiger partial charge in [0.15, 0.2) is 0 Å². The smallest absolute Gasteiger partial charge is 0.246 e. The summed E-state index contributed by atoms with van der Waals surface area (Å²) in [5, 5.41) is 11.0. The molecule has 88 valence electrons. The second-order valence-corrected chi connectivity index (χ2v) is 4.54. The summed E-state index contributed by atoms with van der Waals surface area (Å²) in [6, 6.07) is 6.56. The Morgan fingerprint density at radius 3 is 2.88 bits per heavy atom. The van der Waals surface area contributed by atoms with Crippen LogP contribution in [-0.2, 0) is 11.2 Å². The van der Waals surface area contributed by atoms with Crippen LogP contribution in [0.1, 0.15) is 23.6 Å². The third kappa shape index (κ3) is 1.42. The number of hydrogen-bond acceptors (Lipinski definition) is 3. The lowest BCUT2D eigenvalue weighted by Gasteiger charge is -2.31. The molecule has 0 aromatic heterocycles. The molecule has 0 saturated carbocycles. The lowest BCUT2D eigenvalue weighted by Crippen LogP contribution is -2.38. The highest BCUT2D eigenvalue weighted by Gasteiger charge is 2.49. The van der Waals surface area contributed by atoms with Crippen LogP contribution in [0, 0.1) is 10.1 Å². The molecule has 0 spiro atoms. The minimum absolute atomic E-state index is 0.0337. The van der Waals surface area contributed by atoms with Crippen LogP contribution in [0.3, 0.4) is 0 Å². The van der Waals surface area contributed by atoms with E-state index in [1.165, 1.54) is 0 Å². The molecule has 2 atom stereocenters. The van der Waals surface area contributed by atoms with Gasteiger partial charge < -0.3 is 4.90 Å². The molecule has 1 aromatic carbocycles. The molecule has 2 aliphatic heterocycles. The zero-order valence-corrected chi connectivity index (χ0v) is 9.20. The summed E-state index contributed by atoms with van der Waals surface area (Å²) in [7, 11) is 0. The largest absolute Gasteiger partial charge is 0.328 e. The van der Waals surface area contributed by atoms with Crippen LogP contribution in [0.5, 0.6) is 0 Å². The van der Waals surface area contributed by atoms with Crippen molar-refractivity contribution in [2.75, 3.05) is 6.54 Å². The maximum Gasteiger partial charge on any atom is 0.246 e. The highest BCUT2D eigenvalue weighted by Crippen LogP contribution is 2.39. The van der Waals surface area contributed by atoms with Crippen molar-refractivity contribution in [3.05, 3.63) is 45.5 Å². The fourth-order valence-electron chi connectivity index (χ4n) is 2.89. The van der Waals surface area contributed by atoms with Crippen LogP contribution in [0.15, 0.2) is 24.3 Å². The van der Waals surface area contributed by atoms with Gasteiger partial charge in [-0.05, 0) is 17.5 Å². The van der Waals surface area contributed by atoms with Gasteiger partial charge in [0, 0.05) is 11.5 Å². The number of amides is 1. The van der Waals surface area contributed by atoms with Gasteiger partial charge in [-0.25, -0.2) is 0 Å². The predicted octanol–water partition coefficient (Wildman–Crippen LogP) is 1.16. The van der Waals surface area contributed by atoms with E-state index in [0.717, 1.165) is 17.5 Å². The third-order valence-corrected chi connectivity index (χ3v) is 3.67. The minimum atomic E-state index is -0.788. The first kappa shape index (κ1) is 10.3. The predicted molar refractivity (Wildman–Crippen MR) is 60.0 cm³/mol. The molecular weight excluding hydrogens is 220 g/mol. The van der Waals surface area contributed by atoms with Crippen molar-refractivity contribution in [1.29, 1.82) is 0 Å². The van der Waals surface area contributed by atoms with Crippen molar-refractivity contribution in [2.24, 2.45) is 0 Å². The van der Waals surface area contributed by atoms with Gasteiger partial charge in [-0.15, -0.1) is 0 Å². The molecule has 2 heterocycles. The number of nitro groups is 1. The summed E-state index contributed by atoms with van der Waals surface area (Å²) >= 11 is 0. The lowest BCUT2D eigenvalue weighted by atomic mass is 9.91. The Kier molecular flexibility index (Phi) is 2.14. The third-order valence-electron chi connectivity index (χ3n) is 3.67. The molecule has 0 unspecified atom stereocenters. The van der Waals surface area contributed by atoms with Crippen molar-refractivity contribution < 1.29 is 9.72 Å². The molecule has 1 saturated heterocycles. The normalized spacial score (nSPS) is 26.6. The van der Waals surface area contributed by atoms with E-state index in [2.05, 4.69) is 0 Å². The molecule has 3 rings (SSSR count). The van der Waals surface area contributed by atoms with E-state index in [1.807, 2.05) is 24.3 Å². The summed E-state index contributed by atoms with van der Waals surface area (Å²) in [5.74, 6) is -0.0915. The zero-order valence-electron chi connectivity index (χ0n) is 9.20. The van der Waals surface area contributed by atoms with Crippen molar-refractivity contribution in [3.8, 4) is 0 Å². The Morgan fingerprint density at radius 2 is 2.12 bits per heavy atom. The number of benzene rings is 1. The van der Waals surface area contributed by atoms with Crippen LogP contribution in [-0.4, -0.2) is 28.3 Å². The number of fused-ring (bicyclic) bond motifs is 3. The number of carbonyl (C=O) groups is 1. The van der Waals surface area contributed by atoms with Crippen molar-refractivity contribution in [3.63, 3.8) is 0 Å². The van der Waals surface area contributed by atoms with Crippen molar-refractivity contribution in [1.82, 2.24) is 4.90 Å². The SMILES string of the molecule is O=C1C[C@@H]([N+](=O)[O-])[C@@H]2c3ccccc3CCN12. The van der Waals surface area contributed by atoms with E-state index in [4.69, 9.17) is 0 Å². The number of hydrogen-bond donors (Lipinski definition) is 0. The van der Waals surface area contributed by atoms with Gasteiger partial charge in [0.05, 0.1) is 6.42 Å². The summed E-state index contributed by atoms with van der Waals surface area (Å²) in [5.41, 5.74) is 2.08. The molecule has 1 aromatic rings. The standard InChI is InChI=1S/C12H12N2O3/c15-11-7-10(14(16)17)12-9-4-2-1-3-8(9)5-6-13(11)12/h1-4,10,12H,5-7H2/t10-,12+/m1/s1. The number of carbonyl (C=O) groups excluding carboxylic acids is 1. The van der Waals surface area contributed by atoms with E-state index in [-0.39, 0.29) is 23.3 Å². The first-order chi connectivity index (χ1) is 8.18. The van der Waals surface area contributed by atoms with Crippen molar-refractivity contribution >= 4 is 5.91 Å². The van der Waals surface area contributed by atoms with Gasteiger partial charge in [-0.3, -0.25) is 14.9 Å². The maximum absolute atomic E-state index is 11.8. The summed E-state index contributed by atoms with van der Waals surface area (Å²) in [6.07, 6.45) is 0.828. The highest BCUT2D eigenvalue weighted by molar-refractivity contribution is 5.80. The summed E-state index contributed by atoms with van der Waals surface area (Å²) in [6.45, 7) is 0.602. The molecule has 1 fully saturated rings. The molecule has 5 heteroatoms. The fraction of sp³-hybridized carbons (Fsp3) is 0.417. The van der Waals surface area contributed by atoms with Crippen LogP contribution in [0.4, 0.5) is 0 Å². The van der Waals surface area contributed by atoms with Gasteiger partial charge in [0.25, 0.3) is 0 Å². The second-order valence-electron chi connectivity index (χ2n) is 4.54. The van der Waals surface area contributed by atoms with Crippen LogP contribution >= 0.6 is 0 Å². The lowest BCUT2D eigenvalue weighted by molar-refractivity contribution is -0.525. The van der Waals surface area contributed by atoms with Gasteiger partial charge in [-0.2, -0.15) is 0 Å². The highest BCUT2D eigenvalue weighted by atomic mass is 16.6. The van der Waals surface area contributed by atoms with Crippen LogP contribution < -0.4 is 0 Å². The first-order valence-corrected chi connectivity index (χ1v) is 5.69. The van der Waals surface area contributed by atoms with E-state index >= 15 is 0 Å². The Bertz CT molecular complexity index is 500. The molecule has 0 aliphatic carbocycles. The summed E-state index contributed by atoms with van der Waals surface area (Å²) < 4.78 is 0. The topological polar surface area (TPSA) is 63.4 Å². The average molecular weight is 232 g/mol. The van der Waals surface area contributed by atoms with Crippen molar-refractivity contribution in [2.45, 2.75) is 24.9 Å². The molecule has 2 aliphatic rings. The number of rotatable bonds is 1. The molecule has 0 radical (unpaired) electrons. The molecule has 0 N–H and O–H groups in total. The van der Waals surface area contributed by atoms with E-state index < -0.39 is 6.04 Å². The monoisotopic (exact) mass is 232 g/mol. The van der Waals surface area contributed by atoms with Gasteiger partial charge >= 0.3 is 0 Å². The van der Waals surface area contributed by atoms with Gasteiger partial charge in [-0.1, -0.05) is 24.3 Å². The maximum atomic E-state index is 11.8. The minimum Gasteiger partial charge on any atom is -0.328 e. The van der Waals surface area contributed by atoms with Gasteiger partial charge in [0.1, 0.15) is 6.04 Å². The Morgan fingerprint density at radius 1 is 1.35 bits per heavy atom. The molecule has 0 bridgehead atoms. The summed E-state index contributed by atoms with van der Waals surface area (Å²) in [4.78, 5) is 24.1. The first-order valence-electron chi connectivity index (χ1n) is 5.69. The van der Waals surface area contributed by atoms with E-state index in [1.54, 1.807) is 4.90 Å². The molecular formula is C12H12N2O3. The molecule has 5 nitrogen and oxygen atoms in total. The molecule has 17 heavy (non-hydrogen) atoms. The van der Waals surface area contributed by atoms with E-state index in [0.29, 0.717) is 6.54 Å². The Balaban J connectivity index is 2.09. The Hall–Kier alpha value is -1.91. The fourth-order valence-corrected chi connectivity index (χ4v) is 2.89. The quantitative estimate of drug-likeness (QED) is 0.539. The van der Waals surface area contributed by atoms with Crippen LogP contribution in [0.2, 0.25) is 0 Å².